The van der Waals surface area contributed by atoms with E-state index < -0.39 is 11.5 Å². The van der Waals surface area contributed by atoms with Crippen molar-refractivity contribution in [1.29, 1.82) is 0 Å². The van der Waals surface area contributed by atoms with Crippen LogP contribution in [0.15, 0.2) is 48.8 Å². The van der Waals surface area contributed by atoms with Crippen LogP contribution in [0.5, 0.6) is 5.75 Å². The molecule has 2 aromatic heterocycles. The molecular formula is C19H17ClF2N6O2. The Bertz CT molecular complexity index is 1020. The van der Waals surface area contributed by atoms with Gasteiger partial charge in [0.25, 0.3) is 5.91 Å². The molecule has 1 aromatic carbocycles. The molecule has 156 valence electrons. The molecule has 1 saturated heterocycles. The minimum Gasteiger partial charge on any atom is -0.420 e. The zero-order valence-corrected chi connectivity index (χ0v) is 16.3. The van der Waals surface area contributed by atoms with Crippen LogP contribution in [-0.4, -0.2) is 46.4 Å². The van der Waals surface area contributed by atoms with E-state index in [-0.39, 0.29) is 5.75 Å². The van der Waals surface area contributed by atoms with Crippen molar-refractivity contribution in [3.8, 4) is 17.0 Å². The molecule has 3 heterocycles. The van der Waals surface area contributed by atoms with Crippen LogP contribution in [0, 0.1) is 0 Å². The number of H-pyrrole nitrogens is 1. The van der Waals surface area contributed by atoms with E-state index in [0.29, 0.717) is 17.9 Å². The van der Waals surface area contributed by atoms with Crippen LogP contribution in [0.2, 0.25) is 0 Å². The first-order valence-corrected chi connectivity index (χ1v) is 9.39. The molecule has 0 aliphatic carbocycles. The number of rotatable bonds is 6. The van der Waals surface area contributed by atoms with E-state index in [2.05, 4.69) is 35.5 Å². The van der Waals surface area contributed by atoms with E-state index in [1.54, 1.807) is 18.3 Å². The van der Waals surface area contributed by atoms with Crippen molar-refractivity contribution in [2.45, 2.75) is 5.57 Å². The predicted octanol–water partition coefficient (Wildman–Crippen LogP) is 3.26. The number of anilines is 2. The van der Waals surface area contributed by atoms with Crippen molar-refractivity contribution in [2.75, 3.05) is 30.0 Å². The maximum absolute atomic E-state index is 12.7. The van der Waals surface area contributed by atoms with Crippen molar-refractivity contribution < 1.29 is 18.3 Å². The van der Waals surface area contributed by atoms with Gasteiger partial charge in [-0.05, 0) is 36.4 Å². The highest BCUT2D eigenvalue weighted by Gasteiger charge is 2.27. The van der Waals surface area contributed by atoms with Gasteiger partial charge in [-0.1, -0.05) is 0 Å². The summed E-state index contributed by atoms with van der Waals surface area (Å²) in [6.45, 7) is 2.31. The summed E-state index contributed by atoms with van der Waals surface area (Å²) in [5.74, 6) is 0.217. The SMILES string of the molecule is O=C(Nc1ccc(OC(F)(F)Cl)cc1)c1cnc(N2CCNC2)c(-c2ccn[nH]2)c1. The molecule has 0 saturated carbocycles. The normalized spacial score (nSPS) is 14.0. The Hall–Kier alpha value is -3.24. The highest BCUT2D eigenvalue weighted by atomic mass is 35.5. The van der Waals surface area contributed by atoms with Crippen LogP contribution in [-0.2, 0) is 0 Å². The number of amides is 1. The summed E-state index contributed by atoms with van der Waals surface area (Å²) < 4.78 is 29.6. The van der Waals surface area contributed by atoms with Crippen LogP contribution in [0.25, 0.3) is 11.3 Å². The first kappa shape index (κ1) is 20.0. The largest absolute Gasteiger partial charge is 0.487 e. The third kappa shape index (κ3) is 4.66. The molecule has 1 aliphatic rings. The molecule has 11 heteroatoms. The summed E-state index contributed by atoms with van der Waals surface area (Å²) in [6, 6.07) is 8.96. The Morgan fingerprint density at radius 1 is 1.27 bits per heavy atom. The number of pyridine rings is 1. The molecule has 1 amide bonds. The lowest BCUT2D eigenvalue weighted by Gasteiger charge is -2.19. The molecule has 1 aliphatic heterocycles. The van der Waals surface area contributed by atoms with Crippen molar-refractivity contribution in [3.63, 3.8) is 0 Å². The number of alkyl halides is 3. The number of aromatic amines is 1. The van der Waals surface area contributed by atoms with Crippen LogP contribution < -0.4 is 20.3 Å². The Labute approximate surface area is 175 Å². The van der Waals surface area contributed by atoms with E-state index in [4.69, 9.17) is 11.6 Å². The van der Waals surface area contributed by atoms with Gasteiger partial charge in [-0.3, -0.25) is 15.2 Å². The summed E-state index contributed by atoms with van der Waals surface area (Å²) in [5.41, 5.74) is -1.57. The van der Waals surface area contributed by atoms with Gasteiger partial charge < -0.3 is 15.0 Å². The smallest absolute Gasteiger partial charge is 0.420 e. The van der Waals surface area contributed by atoms with Gasteiger partial charge in [-0.2, -0.15) is 5.10 Å². The maximum atomic E-state index is 12.7. The Kier molecular flexibility index (Phi) is 5.51. The van der Waals surface area contributed by atoms with E-state index in [1.807, 2.05) is 0 Å². The van der Waals surface area contributed by atoms with Crippen molar-refractivity contribution in [1.82, 2.24) is 20.5 Å². The molecule has 0 atom stereocenters. The molecule has 0 bridgehead atoms. The molecule has 3 aromatic rings. The lowest BCUT2D eigenvalue weighted by molar-refractivity contribution is -0.0964. The van der Waals surface area contributed by atoms with Gasteiger partial charge in [0.05, 0.1) is 17.9 Å². The summed E-state index contributed by atoms with van der Waals surface area (Å²) in [7, 11) is 0. The second-order valence-corrected chi connectivity index (χ2v) is 6.95. The number of hydrogen-bond acceptors (Lipinski definition) is 6. The Morgan fingerprint density at radius 3 is 2.70 bits per heavy atom. The first-order chi connectivity index (χ1) is 14.4. The van der Waals surface area contributed by atoms with E-state index in [1.165, 1.54) is 30.5 Å². The lowest BCUT2D eigenvalue weighted by atomic mass is 10.1. The van der Waals surface area contributed by atoms with Gasteiger partial charge in [0.1, 0.15) is 11.6 Å². The zero-order valence-electron chi connectivity index (χ0n) is 15.5. The van der Waals surface area contributed by atoms with Crippen LogP contribution in [0.3, 0.4) is 0 Å². The van der Waals surface area contributed by atoms with Gasteiger partial charge in [-0.15, -0.1) is 8.78 Å². The Balaban J connectivity index is 1.55. The van der Waals surface area contributed by atoms with E-state index in [9.17, 15) is 13.6 Å². The molecule has 8 nitrogen and oxygen atoms in total. The molecule has 1 fully saturated rings. The second kappa shape index (κ2) is 8.25. The van der Waals surface area contributed by atoms with Gasteiger partial charge in [0, 0.05) is 48.3 Å². The second-order valence-electron chi connectivity index (χ2n) is 6.51. The average Bonchev–Trinajstić information content (AvgIpc) is 3.42. The van der Waals surface area contributed by atoms with Crippen molar-refractivity contribution >= 4 is 29.0 Å². The minimum atomic E-state index is -3.80. The monoisotopic (exact) mass is 434 g/mol. The number of aromatic nitrogens is 3. The number of nitrogens with one attached hydrogen (secondary N) is 3. The summed E-state index contributed by atoms with van der Waals surface area (Å²) >= 11 is 4.74. The number of halogens is 3. The highest BCUT2D eigenvalue weighted by molar-refractivity contribution is 6.20. The standard InChI is InChI=1S/C19H17ClF2N6O2/c20-19(21,22)30-14-3-1-13(2-4-14)26-18(29)12-9-15(16-5-6-25-27-16)17(24-10-12)28-8-7-23-11-28/h1-6,9-10,23H,7-8,11H2,(H,25,27)(H,26,29). The Morgan fingerprint density at radius 2 is 2.07 bits per heavy atom. The van der Waals surface area contributed by atoms with Gasteiger partial charge in [-0.25, -0.2) is 4.98 Å². The quantitative estimate of drug-likeness (QED) is 0.515. The van der Waals surface area contributed by atoms with E-state index >= 15 is 0 Å². The maximum Gasteiger partial charge on any atom is 0.487 e. The number of benzene rings is 1. The fourth-order valence-corrected chi connectivity index (χ4v) is 3.16. The number of ether oxygens (including phenoxy) is 1. The van der Waals surface area contributed by atoms with E-state index in [0.717, 1.165) is 30.2 Å². The molecule has 3 N–H and O–H groups in total. The number of carbonyl (C=O) groups excluding carboxylic acids is 1. The van der Waals surface area contributed by atoms with Gasteiger partial charge in [0.2, 0.25) is 0 Å². The minimum absolute atomic E-state index is 0.125. The molecule has 0 spiro atoms. The highest BCUT2D eigenvalue weighted by Crippen LogP contribution is 2.29. The summed E-state index contributed by atoms with van der Waals surface area (Å²) in [4.78, 5) is 19.3. The van der Waals surface area contributed by atoms with Crippen LogP contribution in [0.1, 0.15) is 10.4 Å². The predicted molar refractivity (Wildman–Crippen MR) is 108 cm³/mol. The van der Waals surface area contributed by atoms with Crippen LogP contribution in [0.4, 0.5) is 20.3 Å². The molecule has 4 rings (SSSR count). The fraction of sp³-hybridized carbons (Fsp3) is 0.211. The number of carbonyl (C=O) groups is 1. The van der Waals surface area contributed by atoms with Gasteiger partial charge >= 0.3 is 5.57 Å². The fourth-order valence-electron chi connectivity index (χ4n) is 3.07. The third-order valence-electron chi connectivity index (χ3n) is 4.43. The third-order valence-corrected chi connectivity index (χ3v) is 4.50. The van der Waals surface area contributed by atoms with Crippen LogP contribution >= 0.6 is 11.6 Å². The summed E-state index contributed by atoms with van der Waals surface area (Å²) in [6.07, 6.45) is 3.12. The lowest BCUT2D eigenvalue weighted by Crippen LogP contribution is -2.23. The van der Waals surface area contributed by atoms with Gasteiger partial charge in [0.15, 0.2) is 0 Å². The van der Waals surface area contributed by atoms with Crippen molar-refractivity contribution in [2.24, 2.45) is 0 Å². The van der Waals surface area contributed by atoms with Crippen molar-refractivity contribution in [3.05, 3.63) is 54.4 Å². The average molecular weight is 435 g/mol. The molecule has 0 unspecified atom stereocenters. The molecule has 0 radical (unpaired) electrons. The zero-order chi connectivity index (χ0) is 21.1. The summed E-state index contributed by atoms with van der Waals surface area (Å²) in [5, 5.41) is 12.8. The number of nitrogens with zero attached hydrogens (tertiary/aromatic N) is 3. The molecular weight excluding hydrogens is 418 g/mol. The topological polar surface area (TPSA) is 95.2 Å². The molecule has 30 heavy (non-hydrogen) atoms. The first-order valence-electron chi connectivity index (χ1n) is 9.02. The number of hydrogen-bond donors (Lipinski definition) is 3.